The quantitative estimate of drug-likeness (QED) is 0.486. The minimum atomic E-state index is -0.526. The van der Waals surface area contributed by atoms with E-state index in [1.165, 1.54) is 0 Å². The maximum absolute atomic E-state index is 11.2. The second-order valence-electron chi connectivity index (χ2n) is 4.56. The van der Waals surface area contributed by atoms with Crippen LogP contribution in [0.2, 0.25) is 0 Å². The van der Waals surface area contributed by atoms with Gasteiger partial charge in [0.05, 0.1) is 13.1 Å². The van der Waals surface area contributed by atoms with Crippen LogP contribution in [0.5, 0.6) is 0 Å². The fourth-order valence-corrected chi connectivity index (χ4v) is 1.06. The van der Waals surface area contributed by atoms with Crippen molar-refractivity contribution in [2.45, 2.75) is 40.2 Å². The number of hydrogen-bond donors (Lipinski definition) is 2. The summed E-state index contributed by atoms with van der Waals surface area (Å²) in [5.41, 5.74) is 0. The molecule has 2 N–H and O–H groups in total. The van der Waals surface area contributed by atoms with Gasteiger partial charge < -0.3 is 15.4 Å². The van der Waals surface area contributed by atoms with Crippen LogP contribution >= 0.6 is 0 Å². The Labute approximate surface area is 103 Å². The molecule has 0 fully saturated rings. The summed E-state index contributed by atoms with van der Waals surface area (Å²) in [6, 6.07) is 0.247. The molecule has 0 aliphatic heterocycles. The molecule has 0 radical (unpaired) electrons. The highest BCUT2D eigenvalue weighted by Gasteiger charge is 2.10. The molecule has 5 nitrogen and oxygen atoms in total. The standard InChI is InChI=1S/C12H24N2O3/c1-5-10(4)14-8-12(16)17-11(15)7-13-6-9(2)3/h9-10,13-14H,5-8H2,1-4H3. The third kappa shape index (κ3) is 9.96. The number of hydrogen-bond acceptors (Lipinski definition) is 5. The van der Waals surface area contributed by atoms with Crippen LogP contribution in [0.25, 0.3) is 0 Å². The summed E-state index contributed by atoms with van der Waals surface area (Å²) in [4.78, 5) is 22.5. The third-order valence-corrected chi connectivity index (χ3v) is 2.26. The molecule has 0 aromatic heterocycles. The SMILES string of the molecule is CCC(C)NCC(=O)OC(=O)CNCC(C)C. The number of esters is 2. The molecule has 1 unspecified atom stereocenters. The van der Waals surface area contributed by atoms with Crippen LogP contribution in [-0.2, 0) is 14.3 Å². The molecule has 0 aromatic carbocycles. The molecule has 5 heteroatoms. The minimum Gasteiger partial charge on any atom is -0.391 e. The lowest BCUT2D eigenvalue weighted by Gasteiger charge is -2.10. The first-order valence-electron chi connectivity index (χ1n) is 6.13. The first-order chi connectivity index (χ1) is 7.95. The molecular weight excluding hydrogens is 220 g/mol. The third-order valence-electron chi connectivity index (χ3n) is 2.26. The van der Waals surface area contributed by atoms with Gasteiger partial charge in [-0.05, 0) is 25.8 Å². The van der Waals surface area contributed by atoms with Crippen LogP contribution in [0.1, 0.15) is 34.1 Å². The van der Waals surface area contributed by atoms with Crippen LogP contribution in [0, 0.1) is 5.92 Å². The van der Waals surface area contributed by atoms with Crippen molar-refractivity contribution >= 4 is 11.9 Å². The Kier molecular flexibility index (Phi) is 8.62. The van der Waals surface area contributed by atoms with Crippen LogP contribution in [-0.4, -0.2) is 37.6 Å². The Morgan fingerprint density at radius 1 is 1.12 bits per heavy atom. The summed E-state index contributed by atoms with van der Waals surface area (Å²) in [6.07, 6.45) is 0.928. The predicted octanol–water partition coefficient (Wildman–Crippen LogP) is 0.690. The number of ether oxygens (including phenoxy) is 1. The van der Waals surface area contributed by atoms with Gasteiger partial charge in [0.1, 0.15) is 0 Å². The Morgan fingerprint density at radius 3 is 2.24 bits per heavy atom. The second-order valence-corrected chi connectivity index (χ2v) is 4.56. The fourth-order valence-electron chi connectivity index (χ4n) is 1.06. The van der Waals surface area contributed by atoms with E-state index in [0.717, 1.165) is 13.0 Å². The van der Waals surface area contributed by atoms with Gasteiger partial charge in [-0.1, -0.05) is 20.8 Å². The summed E-state index contributed by atoms with van der Waals surface area (Å²) >= 11 is 0. The van der Waals surface area contributed by atoms with Crippen molar-refractivity contribution in [3.8, 4) is 0 Å². The Hall–Kier alpha value is -0.940. The van der Waals surface area contributed by atoms with Gasteiger partial charge in [-0.2, -0.15) is 0 Å². The van der Waals surface area contributed by atoms with Gasteiger partial charge in [-0.15, -0.1) is 0 Å². The fraction of sp³-hybridized carbons (Fsp3) is 0.833. The van der Waals surface area contributed by atoms with E-state index in [0.29, 0.717) is 5.92 Å². The largest absolute Gasteiger partial charge is 0.391 e. The molecule has 0 heterocycles. The molecule has 0 spiro atoms. The second kappa shape index (κ2) is 9.13. The molecule has 0 saturated carbocycles. The van der Waals surface area contributed by atoms with Crippen LogP contribution in [0.15, 0.2) is 0 Å². The molecule has 0 saturated heterocycles. The summed E-state index contributed by atoms with van der Waals surface area (Å²) in [7, 11) is 0. The predicted molar refractivity (Wildman–Crippen MR) is 66.6 cm³/mol. The van der Waals surface area contributed by atoms with Gasteiger partial charge in [0.2, 0.25) is 0 Å². The molecule has 17 heavy (non-hydrogen) atoms. The molecule has 0 amide bonds. The van der Waals surface area contributed by atoms with E-state index >= 15 is 0 Å². The highest BCUT2D eigenvalue weighted by molar-refractivity contribution is 5.87. The maximum atomic E-state index is 11.2. The van der Waals surface area contributed by atoms with E-state index in [-0.39, 0.29) is 19.1 Å². The van der Waals surface area contributed by atoms with E-state index in [2.05, 4.69) is 15.4 Å². The average Bonchev–Trinajstić information content (AvgIpc) is 2.25. The molecule has 0 bridgehead atoms. The lowest BCUT2D eigenvalue weighted by atomic mass is 10.2. The van der Waals surface area contributed by atoms with Crippen molar-refractivity contribution in [3.63, 3.8) is 0 Å². The summed E-state index contributed by atoms with van der Waals surface area (Å²) < 4.78 is 4.62. The molecule has 0 aromatic rings. The van der Waals surface area contributed by atoms with Crippen molar-refractivity contribution in [2.75, 3.05) is 19.6 Å². The smallest absolute Gasteiger partial charge is 0.327 e. The van der Waals surface area contributed by atoms with Crippen molar-refractivity contribution in [1.82, 2.24) is 10.6 Å². The Balaban J connectivity index is 3.62. The zero-order chi connectivity index (χ0) is 13.3. The summed E-state index contributed by atoms with van der Waals surface area (Å²) in [6.45, 7) is 8.95. The lowest BCUT2D eigenvalue weighted by Crippen LogP contribution is -2.35. The molecule has 0 aliphatic rings. The van der Waals surface area contributed by atoms with Gasteiger partial charge in [0.25, 0.3) is 0 Å². The Morgan fingerprint density at radius 2 is 1.71 bits per heavy atom. The highest BCUT2D eigenvalue weighted by Crippen LogP contribution is 1.89. The van der Waals surface area contributed by atoms with Gasteiger partial charge >= 0.3 is 11.9 Å². The van der Waals surface area contributed by atoms with E-state index in [4.69, 9.17) is 0 Å². The summed E-state index contributed by atoms with van der Waals surface area (Å²) in [5.74, 6) is -0.589. The zero-order valence-electron chi connectivity index (χ0n) is 11.2. The van der Waals surface area contributed by atoms with Crippen molar-refractivity contribution < 1.29 is 14.3 Å². The number of rotatable bonds is 8. The lowest BCUT2D eigenvalue weighted by molar-refractivity contribution is -0.158. The van der Waals surface area contributed by atoms with Gasteiger partial charge in [-0.25, -0.2) is 0 Å². The number of carbonyl (C=O) groups is 2. The molecule has 0 aliphatic carbocycles. The number of nitrogens with one attached hydrogen (secondary N) is 2. The van der Waals surface area contributed by atoms with E-state index in [1.807, 2.05) is 27.7 Å². The highest BCUT2D eigenvalue weighted by atomic mass is 16.6. The van der Waals surface area contributed by atoms with Crippen LogP contribution in [0.4, 0.5) is 0 Å². The molecular formula is C12H24N2O3. The van der Waals surface area contributed by atoms with Crippen LogP contribution < -0.4 is 10.6 Å². The van der Waals surface area contributed by atoms with Gasteiger partial charge in [0.15, 0.2) is 0 Å². The Bertz CT molecular complexity index is 242. The van der Waals surface area contributed by atoms with Crippen LogP contribution in [0.3, 0.4) is 0 Å². The average molecular weight is 244 g/mol. The van der Waals surface area contributed by atoms with Crippen molar-refractivity contribution in [3.05, 3.63) is 0 Å². The first kappa shape index (κ1) is 16.1. The molecule has 0 rings (SSSR count). The molecule has 1 atom stereocenters. The van der Waals surface area contributed by atoms with E-state index in [9.17, 15) is 9.59 Å². The summed E-state index contributed by atoms with van der Waals surface area (Å²) in [5, 5.41) is 5.88. The van der Waals surface area contributed by atoms with Crippen molar-refractivity contribution in [1.29, 1.82) is 0 Å². The zero-order valence-corrected chi connectivity index (χ0v) is 11.2. The normalized spacial score (nSPS) is 12.5. The van der Waals surface area contributed by atoms with Crippen molar-refractivity contribution in [2.24, 2.45) is 5.92 Å². The van der Waals surface area contributed by atoms with E-state index < -0.39 is 11.9 Å². The monoisotopic (exact) mass is 244 g/mol. The topological polar surface area (TPSA) is 67.4 Å². The minimum absolute atomic E-state index is 0.0743. The van der Waals surface area contributed by atoms with Gasteiger partial charge in [-0.3, -0.25) is 9.59 Å². The number of carbonyl (C=O) groups excluding carboxylic acids is 2. The van der Waals surface area contributed by atoms with Gasteiger partial charge in [0, 0.05) is 6.04 Å². The van der Waals surface area contributed by atoms with E-state index in [1.54, 1.807) is 0 Å². The maximum Gasteiger partial charge on any atom is 0.327 e. The molecule has 100 valence electrons. The first-order valence-corrected chi connectivity index (χ1v) is 6.13.